The van der Waals surface area contributed by atoms with Crippen molar-refractivity contribution in [3.63, 3.8) is 0 Å². The van der Waals surface area contributed by atoms with Gasteiger partial charge in [0.15, 0.2) is 18.7 Å². The van der Waals surface area contributed by atoms with E-state index in [9.17, 15) is 25.2 Å². The highest BCUT2D eigenvalue weighted by Gasteiger charge is 2.59. The Morgan fingerprint density at radius 2 is 1.67 bits per heavy atom. The van der Waals surface area contributed by atoms with Crippen molar-refractivity contribution in [3.05, 3.63) is 12.4 Å². The first kappa shape index (κ1) is 52.5. The second kappa shape index (κ2) is 21.0. The molecule has 6 rings (SSSR count). The molecule has 6 N–H and O–H groups in total. The molecular formula is C47H80N6O13. The maximum atomic E-state index is 14.6. The van der Waals surface area contributed by atoms with Crippen LogP contribution in [0.3, 0.4) is 0 Å². The van der Waals surface area contributed by atoms with E-state index < -0.39 is 95.5 Å². The number of aliphatic imine (C=N–C) groups is 1. The Morgan fingerprint density at radius 3 is 2.29 bits per heavy atom. The molecule has 18 atom stereocenters. The molecule has 0 radical (unpaired) electrons. The number of aliphatic hydroxyl groups excluding tert-OH is 1. The molecule has 5 aliphatic rings. The van der Waals surface area contributed by atoms with Crippen molar-refractivity contribution in [1.29, 1.82) is 0 Å². The van der Waals surface area contributed by atoms with E-state index in [4.69, 9.17) is 42.9 Å². The van der Waals surface area contributed by atoms with Gasteiger partial charge in [0, 0.05) is 39.1 Å². The smallest absolute Gasteiger partial charge is 0.316 e. The number of rotatable bonds is 12. The number of esters is 1. The van der Waals surface area contributed by atoms with E-state index in [1.165, 1.54) is 26.4 Å². The third kappa shape index (κ3) is 11.3. The summed E-state index contributed by atoms with van der Waals surface area (Å²) in [5.74, 6) is -2.12. The minimum atomic E-state index is -1.83. The molecule has 0 spiro atoms. The third-order valence-corrected chi connectivity index (χ3v) is 15.1. The van der Waals surface area contributed by atoms with E-state index in [0.29, 0.717) is 30.6 Å². The van der Waals surface area contributed by atoms with Crippen molar-refractivity contribution < 1.29 is 63.1 Å². The van der Waals surface area contributed by atoms with Gasteiger partial charge in [-0.2, -0.15) is 4.99 Å². The molecule has 1 aliphatic carbocycles. The number of aliphatic hydroxyl groups is 4. The van der Waals surface area contributed by atoms with Crippen LogP contribution in [0.15, 0.2) is 17.4 Å². The van der Waals surface area contributed by atoms with Crippen LogP contribution in [0.4, 0.5) is 5.69 Å². The zero-order chi connectivity index (χ0) is 48.5. The van der Waals surface area contributed by atoms with E-state index >= 15 is 0 Å². The molecule has 0 bridgehead atoms. The topological polar surface area (TPSA) is 237 Å². The maximum Gasteiger partial charge on any atom is 0.316 e. The summed E-state index contributed by atoms with van der Waals surface area (Å²) in [7, 11) is 4.93. The minimum absolute atomic E-state index is 0.0932. The zero-order valence-corrected chi connectivity index (χ0v) is 41.4. The van der Waals surface area contributed by atoms with Crippen molar-refractivity contribution in [2.75, 3.05) is 40.9 Å². The summed E-state index contributed by atoms with van der Waals surface area (Å²) in [6, 6.07) is -0.317. The lowest BCUT2D eigenvalue weighted by Crippen LogP contribution is -2.70. The molecule has 0 aromatic carbocycles. The monoisotopic (exact) mass is 937 g/mol. The molecule has 376 valence electrons. The van der Waals surface area contributed by atoms with Crippen LogP contribution in [0.2, 0.25) is 0 Å². The number of ether oxygens (including phenoxy) is 8. The van der Waals surface area contributed by atoms with Gasteiger partial charge in [0.2, 0.25) is 0 Å². The van der Waals surface area contributed by atoms with Gasteiger partial charge in [-0.3, -0.25) is 4.79 Å². The molecule has 1 aromatic heterocycles. The van der Waals surface area contributed by atoms with Crippen molar-refractivity contribution in [1.82, 2.24) is 25.5 Å². The van der Waals surface area contributed by atoms with Gasteiger partial charge in [-0.15, -0.1) is 0 Å². The number of nitrogens with one attached hydrogen (secondary N) is 2. The molecule has 4 aliphatic heterocycles. The number of nitrogens with zero attached hydrogens (tertiary/aromatic N) is 4. The normalized spacial score (nSPS) is 44.8. The van der Waals surface area contributed by atoms with E-state index in [1.807, 2.05) is 39.6 Å². The lowest BCUT2D eigenvalue weighted by molar-refractivity contribution is -0.335. The summed E-state index contributed by atoms with van der Waals surface area (Å²) in [4.78, 5) is 29.6. The van der Waals surface area contributed by atoms with Gasteiger partial charge in [-0.1, -0.05) is 20.8 Å². The fourth-order valence-electron chi connectivity index (χ4n) is 10.6. The van der Waals surface area contributed by atoms with Gasteiger partial charge in [-0.25, -0.2) is 9.97 Å². The first-order valence-electron chi connectivity index (χ1n) is 24.0. The fourth-order valence-corrected chi connectivity index (χ4v) is 10.6. The molecule has 66 heavy (non-hydrogen) atoms. The Kier molecular flexibility index (Phi) is 16.8. The van der Waals surface area contributed by atoms with Crippen LogP contribution in [-0.2, 0) is 38.0 Å². The zero-order valence-electron chi connectivity index (χ0n) is 41.4. The van der Waals surface area contributed by atoms with Gasteiger partial charge >= 0.3 is 12.0 Å². The summed E-state index contributed by atoms with van der Waals surface area (Å²) in [5.41, 5.74) is -5.56. The van der Waals surface area contributed by atoms with Crippen molar-refractivity contribution in [3.8, 4) is 6.01 Å². The molecule has 5 heterocycles. The number of carbonyl (C=O) groups is 1. The first-order valence-corrected chi connectivity index (χ1v) is 24.0. The van der Waals surface area contributed by atoms with Gasteiger partial charge in [0.1, 0.15) is 34.7 Å². The Morgan fingerprint density at radius 1 is 0.985 bits per heavy atom. The second-order valence-electron chi connectivity index (χ2n) is 20.7. The summed E-state index contributed by atoms with van der Waals surface area (Å²) < 4.78 is 51.1. The van der Waals surface area contributed by atoms with Crippen LogP contribution in [0.25, 0.3) is 0 Å². The Labute approximate surface area is 391 Å². The maximum absolute atomic E-state index is 14.6. The molecular weight excluding hydrogens is 857 g/mol. The number of fused-ring (bicyclic) bond motifs is 1. The molecule has 0 unspecified atom stereocenters. The van der Waals surface area contributed by atoms with Crippen LogP contribution in [-0.4, -0.2) is 178 Å². The summed E-state index contributed by atoms with van der Waals surface area (Å²) >= 11 is 0. The van der Waals surface area contributed by atoms with Crippen LogP contribution >= 0.6 is 0 Å². The Bertz CT molecular complexity index is 1790. The molecule has 1 saturated carbocycles. The number of methoxy groups -OCH3 is 2. The summed E-state index contributed by atoms with van der Waals surface area (Å²) in [6.07, 6.45) is -1.81. The van der Waals surface area contributed by atoms with E-state index in [2.05, 4.69) is 20.6 Å². The van der Waals surface area contributed by atoms with Gasteiger partial charge in [0.25, 0.3) is 6.02 Å². The first-order chi connectivity index (χ1) is 31.0. The summed E-state index contributed by atoms with van der Waals surface area (Å²) in [5, 5.41) is 55.2. The van der Waals surface area contributed by atoms with Crippen LogP contribution < -0.4 is 15.4 Å². The van der Waals surface area contributed by atoms with Crippen LogP contribution in [0.5, 0.6) is 6.01 Å². The van der Waals surface area contributed by atoms with E-state index in [0.717, 1.165) is 19.4 Å². The fraction of sp³-hybridized carbons (Fsp3) is 0.872. The van der Waals surface area contributed by atoms with Crippen LogP contribution in [0, 0.1) is 23.7 Å². The predicted molar refractivity (Wildman–Crippen MR) is 243 cm³/mol. The Balaban J connectivity index is 1.37. The highest BCUT2D eigenvalue weighted by atomic mass is 16.7. The van der Waals surface area contributed by atoms with E-state index in [-0.39, 0.29) is 49.9 Å². The molecule has 1 aromatic rings. The minimum Gasteiger partial charge on any atom is -0.467 e. The standard InChI is InChI=1S/C47H80N6O13/c1-14-34-46(10,57)38(54)29(6)49-20-25(2)18-44(8,56)39(66-41-37-33(17-26(3)61-41)53(11)43(65-37)52-32-22-50-42(59-12)51-23-32)27(4)36(28(5)40(55)63-34)64-35-19-45(9,60-13)47(58,30(7)62-35)24-48-21-31-15-16-31/h22-23,25-31,33-39,41,48-49,54,56-58H,14-21,24H2,1-13H3/t25-,26-,27+,28-,29-,30+,33+,34-,35+,36+,37-,38-,39-,41+,44-,45-,46-,47+/m1/s1. The third-order valence-electron chi connectivity index (χ3n) is 15.1. The van der Waals surface area contributed by atoms with Crippen LogP contribution in [0.1, 0.15) is 108 Å². The lowest BCUT2D eigenvalue weighted by Gasteiger charge is -2.53. The molecule has 19 nitrogen and oxygen atoms in total. The van der Waals surface area contributed by atoms with Crippen molar-refractivity contribution >= 4 is 17.7 Å². The largest absolute Gasteiger partial charge is 0.467 e. The quantitative estimate of drug-likeness (QED) is 0.165. The number of carbonyl (C=O) groups excluding carboxylic acids is 1. The summed E-state index contributed by atoms with van der Waals surface area (Å²) in [6.45, 7) is 19.2. The molecule has 5 fully saturated rings. The number of amidine groups is 1. The van der Waals surface area contributed by atoms with Gasteiger partial charge in [-0.05, 0) is 105 Å². The highest BCUT2D eigenvalue weighted by Crippen LogP contribution is 2.44. The average molecular weight is 937 g/mol. The molecule has 19 heteroatoms. The number of cyclic esters (lactones) is 1. The predicted octanol–water partition coefficient (Wildman–Crippen LogP) is 2.82. The van der Waals surface area contributed by atoms with Crippen molar-refractivity contribution in [2.24, 2.45) is 28.7 Å². The lowest BCUT2D eigenvalue weighted by atomic mass is 9.75. The van der Waals surface area contributed by atoms with E-state index in [1.54, 1.807) is 41.7 Å². The molecule has 0 amide bonds. The number of likely N-dealkylation sites (N-methyl/N-ethyl adjacent to an activating group) is 1. The second-order valence-corrected chi connectivity index (χ2v) is 20.7. The molecule has 4 saturated heterocycles. The number of aromatic nitrogens is 2. The average Bonchev–Trinajstić information content (AvgIpc) is 4.05. The van der Waals surface area contributed by atoms with Gasteiger partial charge < -0.3 is 73.9 Å². The van der Waals surface area contributed by atoms with Gasteiger partial charge in [0.05, 0.1) is 61.5 Å². The highest BCUT2D eigenvalue weighted by molar-refractivity contribution is 5.79. The SMILES string of the molecule is CC[C@H]1OC(=O)[C@H](C)[C@@H](O[C@H]2C[C@@](C)(OC)[C@](O)(CNCC3CC3)[C@H](C)O2)[C@H](C)[C@@H](O[C@@H]2O[C@H](C)C[C@H]3[C@H]2OC(=Nc2cnc(OC)nc2)N3C)[C@](C)(O)C[C@@H](C)CN[C@H](C)[C@@H](O)[C@]1(C)O. The van der Waals surface area contributed by atoms with Crippen molar-refractivity contribution in [2.45, 2.75) is 198 Å². The number of hydrogen-bond donors (Lipinski definition) is 6. The Hall–Kier alpha value is -2.82. The number of hydrogen-bond acceptors (Lipinski definition) is 18.